The van der Waals surface area contributed by atoms with Gasteiger partial charge in [-0.1, -0.05) is 20.8 Å². The van der Waals surface area contributed by atoms with Crippen LogP contribution in [0.5, 0.6) is 0 Å². The summed E-state index contributed by atoms with van der Waals surface area (Å²) in [5, 5.41) is 12.7. The summed E-state index contributed by atoms with van der Waals surface area (Å²) in [7, 11) is 0. The molecule has 0 spiro atoms. The Bertz CT molecular complexity index is 346. The van der Waals surface area contributed by atoms with Gasteiger partial charge < -0.3 is 9.52 Å². The van der Waals surface area contributed by atoms with Crippen LogP contribution in [0, 0.1) is 0 Å². The van der Waals surface area contributed by atoms with Gasteiger partial charge in [-0.05, 0) is 6.42 Å². The lowest BCUT2D eigenvalue weighted by atomic mass is 9.97. The first-order valence-corrected chi connectivity index (χ1v) is 4.64. The highest BCUT2D eigenvalue weighted by molar-refractivity contribution is 4.93. The van der Waals surface area contributed by atoms with Crippen molar-refractivity contribution in [3.8, 4) is 0 Å². The number of rotatable bonds is 3. The van der Waals surface area contributed by atoms with Crippen LogP contribution in [0.2, 0.25) is 0 Å². The lowest BCUT2D eigenvalue weighted by Gasteiger charge is -2.10. The van der Waals surface area contributed by atoms with Gasteiger partial charge in [0.2, 0.25) is 5.89 Å². The van der Waals surface area contributed by atoms with Crippen molar-refractivity contribution in [3.63, 3.8) is 0 Å². The molecule has 5 heteroatoms. The number of aliphatic hydroxyl groups is 1. The van der Waals surface area contributed by atoms with Gasteiger partial charge in [-0.15, -0.1) is 5.10 Å². The van der Waals surface area contributed by atoms with E-state index in [0.29, 0.717) is 18.9 Å². The van der Waals surface area contributed by atoms with Gasteiger partial charge >= 0.3 is 5.76 Å². The van der Waals surface area contributed by atoms with Gasteiger partial charge in [0.25, 0.3) is 0 Å². The molecule has 1 aromatic rings. The lowest BCUT2D eigenvalue weighted by molar-refractivity contribution is 0.274. The summed E-state index contributed by atoms with van der Waals surface area (Å²) >= 11 is 0. The highest BCUT2D eigenvalue weighted by atomic mass is 16.4. The molecule has 0 bridgehead atoms. The van der Waals surface area contributed by atoms with E-state index in [9.17, 15) is 4.79 Å². The summed E-state index contributed by atoms with van der Waals surface area (Å²) in [5.74, 6) is -0.0242. The first kappa shape index (κ1) is 11.0. The average Bonchev–Trinajstić information content (AvgIpc) is 2.43. The average molecular weight is 200 g/mol. The summed E-state index contributed by atoms with van der Waals surface area (Å²) < 4.78 is 6.24. The van der Waals surface area contributed by atoms with Crippen LogP contribution in [0.4, 0.5) is 0 Å². The largest absolute Gasteiger partial charge is 0.437 e. The van der Waals surface area contributed by atoms with Crippen LogP contribution in [0.25, 0.3) is 0 Å². The number of aryl methyl sites for hydroxylation is 1. The van der Waals surface area contributed by atoms with E-state index in [1.807, 2.05) is 20.8 Å². The normalized spacial score (nSPS) is 12.0. The van der Waals surface area contributed by atoms with Crippen LogP contribution in [-0.2, 0) is 12.0 Å². The first-order valence-electron chi connectivity index (χ1n) is 4.64. The Morgan fingerprint density at radius 2 is 2.14 bits per heavy atom. The maximum Gasteiger partial charge on any atom is 0.437 e. The SMILES string of the molecule is CC(C)(C)c1nn(CCCO)c(=O)o1. The molecule has 0 saturated carbocycles. The summed E-state index contributed by atoms with van der Waals surface area (Å²) in [5.41, 5.74) is -0.260. The smallest absolute Gasteiger partial charge is 0.396 e. The molecule has 0 unspecified atom stereocenters. The van der Waals surface area contributed by atoms with Crippen molar-refractivity contribution in [3.05, 3.63) is 16.4 Å². The van der Waals surface area contributed by atoms with Crippen LogP contribution in [0.15, 0.2) is 9.21 Å². The van der Waals surface area contributed by atoms with Gasteiger partial charge in [0.05, 0.1) is 6.54 Å². The highest BCUT2D eigenvalue weighted by Crippen LogP contribution is 2.17. The van der Waals surface area contributed by atoms with Crippen LogP contribution in [0.1, 0.15) is 33.1 Å². The highest BCUT2D eigenvalue weighted by Gasteiger charge is 2.21. The minimum Gasteiger partial charge on any atom is -0.396 e. The number of hydrogen-bond acceptors (Lipinski definition) is 4. The number of nitrogens with zero attached hydrogens (tertiary/aromatic N) is 2. The molecule has 1 aromatic heterocycles. The Kier molecular flexibility index (Phi) is 3.10. The van der Waals surface area contributed by atoms with Crippen molar-refractivity contribution in [1.82, 2.24) is 9.78 Å². The van der Waals surface area contributed by atoms with Crippen LogP contribution in [0.3, 0.4) is 0 Å². The maximum atomic E-state index is 11.2. The molecule has 1 heterocycles. The molecule has 0 aliphatic carbocycles. The van der Waals surface area contributed by atoms with Crippen LogP contribution < -0.4 is 5.76 Å². The van der Waals surface area contributed by atoms with E-state index < -0.39 is 5.76 Å². The Hall–Kier alpha value is -1.10. The molecule has 0 aliphatic rings. The first-order chi connectivity index (χ1) is 6.45. The molecule has 0 amide bonds. The van der Waals surface area contributed by atoms with Gasteiger partial charge in [0.15, 0.2) is 0 Å². The van der Waals surface area contributed by atoms with Crippen molar-refractivity contribution in [2.75, 3.05) is 6.61 Å². The van der Waals surface area contributed by atoms with E-state index in [1.165, 1.54) is 4.68 Å². The van der Waals surface area contributed by atoms with E-state index in [1.54, 1.807) is 0 Å². The van der Waals surface area contributed by atoms with Crippen molar-refractivity contribution in [2.24, 2.45) is 0 Å². The van der Waals surface area contributed by atoms with E-state index in [4.69, 9.17) is 9.52 Å². The van der Waals surface area contributed by atoms with Crippen molar-refractivity contribution in [1.29, 1.82) is 0 Å². The second-order valence-corrected chi connectivity index (χ2v) is 4.22. The third kappa shape index (κ3) is 2.45. The van der Waals surface area contributed by atoms with E-state index in [0.717, 1.165) is 0 Å². The second kappa shape index (κ2) is 3.96. The third-order valence-electron chi connectivity index (χ3n) is 1.78. The molecule has 5 nitrogen and oxygen atoms in total. The van der Waals surface area contributed by atoms with Gasteiger partial charge in [-0.25, -0.2) is 4.79 Å². The molecule has 0 atom stereocenters. The fourth-order valence-corrected chi connectivity index (χ4v) is 0.971. The van der Waals surface area contributed by atoms with Gasteiger partial charge in [-0.3, -0.25) is 0 Å². The standard InChI is InChI=1S/C9H16N2O3/c1-9(2,3)7-10-11(5-4-6-12)8(13)14-7/h12H,4-6H2,1-3H3. The molecule has 0 saturated heterocycles. The maximum absolute atomic E-state index is 11.2. The topological polar surface area (TPSA) is 68.3 Å². The number of hydrogen-bond donors (Lipinski definition) is 1. The Morgan fingerprint density at radius 1 is 1.50 bits per heavy atom. The Labute approximate surface area is 82.4 Å². The molecule has 1 rings (SSSR count). The predicted molar refractivity (Wildman–Crippen MR) is 51.2 cm³/mol. The van der Waals surface area contributed by atoms with Crippen LogP contribution >= 0.6 is 0 Å². The predicted octanol–water partition coefficient (Wildman–Crippen LogP) is 0.516. The number of aromatic nitrogens is 2. The molecular formula is C9H16N2O3. The summed E-state index contributed by atoms with van der Waals surface area (Å²) in [6.45, 7) is 6.22. The van der Waals surface area contributed by atoms with E-state index in [-0.39, 0.29) is 12.0 Å². The zero-order chi connectivity index (χ0) is 10.8. The zero-order valence-corrected chi connectivity index (χ0v) is 8.78. The molecule has 14 heavy (non-hydrogen) atoms. The fourth-order valence-electron chi connectivity index (χ4n) is 0.971. The molecule has 0 fully saturated rings. The van der Waals surface area contributed by atoms with Gasteiger partial charge in [0, 0.05) is 12.0 Å². The van der Waals surface area contributed by atoms with Crippen molar-refractivity contribution < 1.29 is 9.52 Å². The van der Waals surface area contributed by atoms with E-state index >= 15 is 0 Å². The molecule has 80 valence electrons. The summed E-state index contributed by atoms with van der Waals surface area (Å²) in [6.07, 6.45) is 0.510. The second-order valence-electron chi connectivity index (χ2n) is 4.22. The molecule has 0 radical (unpaired) electrons. The Morgan fingerprint density at radius 3 is 2.57 bits per heavy atom. The zero-order valence-electron chi connectivity index (χ0n) is 8.78. The summed E-state index contributed by atoms with van der Waals surface area (Å²) in [4.78, 5) is 11.2. The Balaban J connectivity index is 2.88. The minimum absolute atomic E-state index is 0.0458. The quantitative estimate of drug-likeness (QED) is 0.772. The van der Waals surface area contributed by atoms with Gasteiger partial charge in [0.1, 0.15) is 0 Å². The summed E-state index contributed by atoms with van der Waals surface area (Å²) in [6, 6.07) is 0. The molecule has 1 N–H and O–H groups in total. The molecule has 0 aliphatic heterocycles. The third-order valence-corrected chi connectivity index (χ3v) is 1.78. The number of aliphatic hydroxyl groups excluding tert-OH is 1. The van der Waals surface area contributed by atoms with Crippen molar-refractivity contribution >= 4 is 0 Å². The van der Waals surface area contributed by atoms with Gasteiger partial charge in [-0.2, -0.15) is 4.68 Å². The lowest BCUT2D eigenvalue weighted by Crippen LogP contribution is -2.17. The molecule has 0 aromatic carbocycles. The van der Waals surface area contributed by atoms with Crippen LogP contribution in [-0.4, -0.2) is 21.5 Å². The minimum atomic E-state index is -0.455. The van der Waals surface area contributed by atoms with E-state index in [2.05, 4.69) is 5.10 Å². The monoisotopic (exact) mass is 200 g/mol. The van der Waals surface area contributed by atoms with Crippen molar-refractivity contribution in [2.45, 2.75) is 39.2 Å². The molecular weight excluding hydrogens is 184 g/mol. The fraction of sp³-hybridized carbons (Fsp3) is 0.778.